The fourth-order valence-corrected chi connectivity index (χ4v) is 5.23. The van der Waals surface area contributed by atoms with Crippen LogP contribution in [0.1, 0.15) is 38.0 Å². The van der Waals surface area contributed by atoms with Crippen molar-refractivity contribution in [3.05, 3.63) is 81.0 Å². The molecular formula is C28H33N5O2S. The Morgan fingerprint density at radius 3 is 2.44 bits per heavy atom. The molecule has 0 amide bonds. The molecule has 0 saturated carbocycles. The fraction of sp³-hybridized carbons (Fsp3) is 0.321. The van der Waals surface area contributed by atoms with Gasteiger partial charge in [-0.1, -0.05) is 26.3 Å². The van der Waals surface area contributed by atoms with Crippen molar-refractivity contribution in [1.82, 2.24) is 9.47 Å². The molecule has 36 heavy (non-hydrogen) atoms. The molecule has 2 aromatic heterocycles. The Hall–Kier alpha value is -3.49. The minimum atomic E-state index is -0.363. The molecule has 0 aliphatic carbocycles. The van der Waals surface area contributed by atoms with E-state index in [9.17, 15) is 10.1 Å². The quantitative estimate of drug-likeness (QED) is 0.130. The average Bonchev–Trinajstić information content (AvgIpc) is 3.58. The second kappa shape index (κ2) is 12.0. The number of likely N-dealkylation sites (tertiary alicyclic amines) is 1. The zero-order valence-electron chi connectivity index (χ0n) is 20.9. The van der Waals surface area contributed by atoms with E-state index in [1.54, 1.807) is 23.5 Å². The molecular weight excluding hydrogens is 470 g/mol. The lowest BCUT2D eigenvalue weighted by Gasteiger charge is -2.27. The van der Waals surface area contributed by atoms with Gasteiger partial charge in [0.05, 0.1) is 15.5 Å². The maximum absolute atomic E-state index is 11.1. The number of benzene rings is 2. The second-order valence-electron chi connectivity index (χ2n) is 8.60. The molecule has 1 aliphatic heterocycles. The fourth-order valence-electron chi connectivity index (χ4n) is 4.60. The number of non-ortho nitro benzene ring substituents is 1. The summed E-state index contributed by atoms with van der Waals surface area (Å²) in [6, 6.07) is 19.0. The monoisotopic (exact) mass is 503 g/mol. The standard InChI is InChI=1S/C26H27N5O2S.C2H6/c27-26(25-5-4-16-34-25)28-21-8-11-23-20(17-21)18-24(19-6-9-22(10-7-19)31(32)33)30(23)15-14-29-12-2-1-3-13-29;1-2/h4-11,16-18H,1-3,12-15H2,(H2,27,28);1-2H3. The van der Waals surface area contributed by atoms with Gasteiger partial charge in [0.15, 0.2) is 0 Å². The van der Waals surface area contributed by atoms with Crippen LogP contribution in [0.3, 0.4) is 0 Å². The van der Waals surface area contributed by atoms with Crippen LogP contribution in [0.2, 0.25) is 0 Å². The number of thiophene rings is 1. The first-order valence-corrected chi connectivity index (χ1v) is 13.4. The second-order valence-corrected chi connectivity index (χ2v) is 9.55. The predicted octanol–water partition coefficient (Wildman–Crippen LogP) is 6.83. The summed E-state index contributed by atoms with van der Waals surface area (Å²) in [5.74, 6) is 0.509. The maximum Gasteiger partial charge on any atom is 0.269 e. The maximum atomic E-state index is 11.1. The number of rotatable bonds is 7. The van der Waals surface area contributed by atoms with E-state index in [4.69, 9.17) is 5.73 Å². The van der Waals surface area contributed by atoms with E-state index in [0.29, 0.717) is 5.84 Å². The van der Waals surface area contributed by atoms with Crippen molar-refractivity contribution >= 4 is 39.5 Å². The molecule has 0 atom stereocenters. The summed E-state index contributed by atoms with van der Waals surface area (Å²) in [6.07, 6.45) is 3.83. The topological polar surface area (TPSA) is 89.7 Å². The van der Waals surface area contributed by atoms with Crippen molar-refractivity contribution in [2.24, 2.45) is 10.7 Å². The summed E-state index contributed by atoms with van der Waals surface area (Å²) < 4.78 is 2.32. The third-order valence-electron chi connectivity index (χ3n) is 6.37. The average molecular weight is 504 g/mol. The first-order chi connectivity index (χ1) is 17.6. The molecule has 1 fully saturated rings. The van der Waals surface area contributed by atoms with Gasteiger partial charge in [0.1, 0.15) is 5.84 Å². The molecule has 0 radical (unpaired) electrons. The summed E-state index contributed by atoms with van der Waals surface area (Å²) in [5, 5.41) is 14.2. The van der Waals surface area contributed by atoms with Gasteiger partial charge in [-0.3, -0.25) is 10.1 Å². The molecule has 1 saturated heterocycles. The molecule has 5 rings (SSSR count). The lowest BCUT2D eigenvalue weighted by Crippen LogP contribution is -2.32. The van der Waals surface area contributed by atoms with Gasteiger partial charge in [-0.2, -0.15) is 0 Å². The van der Waals surface area contributed by atoms with Crippen molar-refractivity contribution in [2.75, 3.05) is 19.6 Å². The number of piperidine rings is 1. The molecule has 7 nitrogen and oxygen atoms in total. The van der Waals surface area contributed by atoms with Gasteiger partial charge in [-0.25, -0.2) is 4.99 Å². The summed E-state index contributed by atoms with van der Waals surface area (Å²) in [6.45, 7) is 8.13. The number of fused-ring (bicyclic) bond motifs is 1. The van der Waals surface area contributed by atoms with Crippen molar-refractivity contribution in [3.8, 4) is 11.3 Å². The van der Waals surface area contributed by atoms with Gasteiger partial charge in [0, 0.05) is 41.8 Å². The molecule has 0 unspecified atom stereocenters. The normalized spacial score (nSPS) is 14.4. The zero-order chi connectivity index (χ0) is 25.5. The molecule has 0 bridgehead atoms. The minimum Gasteiger partial charge on any atom is -0.383 e. The van der Waals surface area contributed by atoms with Crippen molar-refractivity contribution in [3.63, 3.8) is 0 Å². The van der Waals surface area contributed by atoms with Crippen molar-refractivity contribution in [1.29, 1.82) is 0 Å². The van der Waals surface area contributed by atoms with Gasteiger partial charge in [0.25, 0.3) is 5.69 Å². The lowest BCUT2D eigenvalue weighted by molar-refractivity contribution is -0.384. The molecule has 188 valence electrons. The van der Waals surface area contributed by atoms with Crippen molar-refractivity contribution < 1.29 is 4.92 Å². The number of nitro groups is 1. The van der Waals surface area contributed by atoms with Gasteiger partial charge < -0.3 is 15.2 Å². The van der Waals surface area contributed by atoms with Crippen molar-refractivity contribution in [2.45, 2.75) is 39.7 Å². The number of nitro benzene ring substituents is 1. The smallest absolute Gasteiger partial charge is 0.269 e. The number of nitrogens with zero attached hydrogens (tertiary/aromatic N) is 4. The minimum absolute atomic E-state index is 0.0976. The van der Waals surface area contributed by atoms with E-state index < -0.39 is 0 Å². The molecule has 8 heteroatoms. The Bertz CT molecular complexity index is 1320. The Labute approximate surface area is 216 Å². The predicted molar refractivity (Wildman–Crippen MR) is 150 cm³/mol. The van der Waals surface area contributed by atoms with Crippen LogP contribution < -0.4 is 5.73 Å². The van der Waals surface area contributed by atoms with Crippen LogP contribution in [0.25, 0.3) is 22.2 Å². The SMILES string of the molecule is CC.NC(=Nc1ccc2c(c1)cc(-c1ccc([N+](=O)[O-])cc1)n2CCN1CCCCC1)c1cccs1. The number of amidine groups is 1. The van der Waals surface area contributed by atoms with Crippen LogP contribution in [-0.2, 0) is 6.54 Å². The van der Waals surface area contributed by atoms with E-state index in [1.165, 1.54) is 19.3 Å². The van der Waals surface area contributed by atoms with Crippen LogP contribution in [0, 0.1) is 10.1 Å². The first-order valence-electron chi connectivity index (χ1n) is 12.6. The highest BCUT2D eigenvalue weighted by molar-refractivity contribution is 7.12. The van der Waals surface area contributed by atoms with Gasteiger partial charge >= 0.3 is 0 Å². The van der Waals surface area contributed by atoms with Crippen LogP contribution >= 0.6 is 11.3 Å². The molecule has 0 spiro atoms. The molecule has 4 aromatic rings. The van der Waals surface area contributed by atoms with E-state index in [-0.39, 0.29) is 10.6 Å². The number of aromatic nitrogens is 1. The van der Waals surface area contributed by atoms with Gasteiger partial charge in [-0.15, -0.1) is 11.3 Å². The molecule has 2 aromatic carbocycles. The number of nitrogens with two attached hydrogens (primary N) is 1. The van der Waals surface area contributed by atoms with Crippen LogP contribution in [-0.4, -0.2) is 39.9 Å². The highest BCUT2D eigenvalue weighted by atomic mass is 32.1. The van der Waals surface area contributed by atoms with Crippen LogP contribution in [0.15, 0.2) is 71.0 Å². The molecule has 2 N–H and O–H groups in total. The Balaban J connectivity index is 0.00000148. The number of hydrogen-bond acceptors (Lipinski definition) is 5. The van der Waals surface area contributed by atoms with E-state index >= 15 is 0 Å². The largest absolute Gasteiger partial charge is 0.383 e. The van der Waals surface area contributed by atoms with E-state index in [0.717, 1.165) is 58.9 Å². The Morgan fingerprint density at radius 1 is 1.03 bits per heavy atom. The highest BCUT2D eigenvalue weighted by Crippen LogP contribution is 2.32. The molecule has 3 heterocycles. The summed E-state index contributed by atoms with van der Waals surface area (Å²) in [5.41, 5.74) is 10.2. The molecule has 1 aliphatic rings. The van der Waals surface area contributed by atoms with Gasteiger partial charge in [0.2, 0.25) is 0 Å². The summed E-state index contributed by atoms with van der Waals surface area (Å²) in [4.78, 5) is 18.9. The third-order valence-corrected chi connectivity index (χ3v) is 7.26. The number of hydrogen-bond donors (Lipinski definition) is 1. The first kappa shape index (κ1) is 25.6. The van der Waals surface area contributed by atoms with E-state index in [2.05, 4.69) is 32.7 Å². The van der Waals surface area contributed by atoms with Gasteiger partial charge in [-0.05, 0) is 79.3 Å². The number of aliphatic imine (C=N–C) groups is 1. The van der Waals surface area contributed by atoms with Crippen LogP contribution in [0.4, 0.5) is 11.4 Å². The Kier molecular flexibility index (Phi) is 8.51. The summed E-state index contributed by atoms with van der Waals surface area (Å²) in [7, 11) is 0. The van der Waals surface area contributed by atoms with Crippen LogP contribution in [0.5, 0.6) is 0 Å². The Morgan fingerprint density at radius 2 is 1.78 bits per heavy atom. The summed E-state index contributed by atoms with van der Waals surface area (Å²) >= 11 is 1.57. The lowest BCUT2D eigenvalue weighted by atomic mass is 10.1. The highest BCUT2D eigenvalue weighted by Gasteiger charge is 2.16. The third kappa shape index (κ3) is 5.83. The van der Waals surface area contributed by atoms with E-state index in [1.807, 2.05) is 49.6 Å². The zero-order valence-corrected chi connectivity index (χ0v) is 21.7.